The highest BCUT2D eigenvalue weighted by Gasteiger charge is 2.19. The van der Waals surface area contributed by atoms with E-state index in [1.54, 1.807) is 24.4 Å². The first-order valence-electron chi connectivity index (χ1n) is 7.81. The van der Waals surface area contributed by atoms with Crippen LogP contribution in [0.25, 0.3) is 0 Å². The molecule has 0 bridgehead atoms. The van der Waals surface area contributed by atoms with Crippen LogP contribution in [-0.4, -0.2) is 34.8 Å². The zero-order chi connectivity index (χ0) is 16.1. The number of amides is 2. The molecule has 0 aliphatic carbocycles. The van der Waals surface area contributed by atoms with Gasteiger partial charge >= 0.3 is 0 Å². The molecule has 0 saturated carbocycles. The van der Waals surface area contributed by atoms with Crippen molar-refractivity contribution in [3.63, 3.8) is 0 Å². The van der Waals surface area contributed by atoms with Crippen LogP contribution in [0, 0.1) is 0 Å². The van der Waals surface area contributed by atoms with Gasteiger partial charge in [0.1, 0.15) is 5.69 Å². The van der Waals surface area contributed by atoms with Crippen molar-refractivity contribution in [2.45, 2.75) is 19.4 Å². The molecule has 1 saturated heterocycles. The van der Waals surface area contributed by atoms with Crippen molar-refractivity contribution in [1.29, 1.82) is 0 Å². The molecule has 2 heterocycles. The molecule has 2 aromatic rings. The van der Waals surface area contributed by atoms with Gasteiger partial charge in [0.15, 0.2) is 0 Å². The minimum atomic E-state index is -0.206. The number of rotatable bonds is 4. The molecule has 0 unspecified atom stereocenters. The van der Waals surface area contributed by atoms with Gasteiger partial charge in [-0.3, -0.25) is 14.6 Å². The average Bonchev–Trinajstić information content (AvgIpc) is 3.15. The summed E-state index contributed by atoms with van der Waals surface area (Å²) in [4.78, 5) is 30.1. The van der Waals surface area contributed by atoms with Crippen molar-refractivity contribution in [3.05, 3.63) is 65.5 Å². The van der Waals surface area contributed by atoms with Gasteiger partial charge in [-0.25, -0.2) is 0 Å². The Labute approximate surface area is 135 Å². The molecule has 1 aromatic heterocycles. The Morgan fingerprint density at radius 2 is 1.78 bits per heavy atom. The molecule has 0 spiro atoms. The molecule has 0 atom stereocenters. The average molecular weight is 309 g/mol. The maximum atomic E-state index is 12.3. The number of aromatic nitrogens is 1. The van der Waals surface area contributed by atoms with E-state index in [1.165, 1.54) is 0 Å². The Hall–Kier alpha value is -2.69. The van der Waals surface area contributed by atoms with Crippen molar-refractivity contribution >= 4 is 11.8 Å². The molecule has 118 valence electrons. The van der Waals surface area contributed by atoms with E-state index in [1.807, 2.05) is 29.2 Å². The lowest BCUT2D eigenvalue weighted by Crippen LogP contribution is -2.27. The maximum absolute atomic E-state index is 12.3. The topological polar surface area (TPSA) is 62.3 Å². The summed E-state index contributed by atoms with van der Waals surface area (Å²) in [7, 11) is 0. The lowest BCUT2D eigenvalue weighted by atomic mass is 10.1. The number of nitrogens with zero attached hydrogens (tertiary/aromatic N) is 2. The smallest absolute Gasteiger partial charge is 0.270 e. The van der Waals surface area contributed by atoms with Crippen LogP contribution in [0.15, 0.2) is 48.7 Å². The van der Waals surface area contributed by atoms with Gasteiger partial charge in [-0.05, 0) is 42.7 Å². The molecule has 1 N–H and O–H groups in total. The largest absolute Gasteiger partial charge is 0.347 e. The molecule has 5 nitrogen and oxygen atoms in total. The van der Waals surface area contributed by atoms with Gasteiger partial charge in [0.2, 0.25) is 0 Å². The highest BCUT2D eigenvalue weighted by atomic mass is 16.2. The van der Waals surface area contributed by atoms with Crippen molar-refractivity contribution in [1.82, 2.24) is 15.2 Å². The number of benzene rings is 1. The van der Waals surface area contributed by atoms with Gasteiger partial charge in [-0.1, -0.05) is 18.2 Å². The predicted octanol–water partition coefficient (Wildman–Crippen LogP) is 2.25. The summed E-state index contributed by atoms with van der Waals surface area (Å²) < 4.78 is 0. The molecular formula is C18H19N3O2. The number of nitrogens with one attached hydrogen (secondary N) is 1. The first kappa shape index (κ1) is 15.2. The maximum Gasteiger partial charge on any atom is 0.270 e. The number of carbonyl (C=O) groups is 2. The second-order valence-electron chi connectivity index (χ2n) is 5.59. The van der Waals surface area contributed by atoms with E-state index in [9.17, 15) is 9.59 Å². The van der Waals surface area contributed by atoms with Crippen molar-refractivity contribution in [2.24, 2.45) is 0 Å². The molecule has 3 rings (SSSR count). The Morgan fingerprint density at radius 3 is 2.43 bits per heavy atom. The summed E-state index contributed by atoms with van der Waals surface area (Å²) in [6, 6.07) is 12.6. The fraction of sp³-hybridized carbons (Fsp3) is 0.278. The monoisotopic (exact) mass is 309 g/mol. The number of likely N-dealkylation sites (tertiary alicyclic amines) is 1. The summed E-state index contributed by atoms with van der Waals surface area (Å²) in [6.45, 7) is 2.11. The third-order valence-electron chi connectivity index (χ3n) is 3.94. The number of hydrogen-bond acceptors (Lipinski definition) is 3. The second kappa shape index (κ2) is 7.05. The molecule has 0 radical (unpaired) electrons. The van der Waals surface area contributed by atoms with Crippen LogP contribution in [0.5, 0.6) is 0 Å². The lowest BCUT2D eigenvalue weighted by molar-refractivity contribution is 0.0792. The zero-order valence-electron chi connectivity index (χ0n) is 12.9. The Morgan fingerprint density at radius 1 is 1.04 bits per heavy atom. The summed E-state index contributed by atoms with van der Waals surface area (Å²) in [6.07, 6.45) is 3.76. The molecule has 1 aliphatic heterocycles. The SMILES string of the molecule is O=C(NCc1ccc(C(=O)N2CCCC2)cc1)c1ccccn1. The second-order valence-corrected chi connectivity index (χ2v) is 5.59. The zero-order valence-corrected chi connectivity index (χ0v) is 12.9. The van der Waals surface area contributed by atoms with Gasteiger partial charge < -0.3 is 10.2 Å². The summed E-state index contributed by atoms with van der Waals surface area (Å²) in [5, 5.41) is 2.82. The van der Waals surface area contributed by atoms with E-state index in [0.29, 0.717) is 17.8 Å². The van der Waals surface area contributed by atoms with Crippen LogP contribution in [-0.2, 0) is 6.54 Å². The first-order chi connectivity index (χ1) is 11.2. The van der Waals surface area contributed by atoms with Crippen LogP contribution in [0.1, 0.15) is 39.3 Å². The molecule has 5 heteroatoms. The normalized spacial score (nSPS) is 13.8. The van der Waals surface area contributed by atoms with Crippen LogP contribution in [0.3, 0.4) is 0 Å². The van der Waals surface area contributed by atoms with Gasteiger partial charge in [-0.2, -0.15) is 0 Å². The summed E-state index contributed by atoms with van der Waals surface area (Å²) in [5.74, 6) is -0.116. The van der Waals surface area contributed by atoms with E-state index in [4.69, 9.17) is 0 Å². The fourth-order valence-corrected chi connectivity index (χ4v) is 2.64. The quantitative estimate of drug-likeness (QED) is 0.942. The lowest BCUT2D eigenvalue weighted by Gasteiger charge is -2.15. The molecule has 1 aliphatic rings. The molecular weight excluding hydrogens is 290 g/mol. The molecule has 1 aromatic carbocycles. The highest BCUT2D eigenvalue weighted by Crippen LogP contribution is 2.13. The molecule has 2 amide bonds. The first-order valence-corrected chi connectivity index (χ1v) is 7.81. The standard InChI is InChI=1S/C18H19N3O2/c22-17(16-5-1-2-10-19-16)20-13-14-6-8-15(9-7-14)18(23)21-11-3-4-12-21/h1-2,5-10H,3-4,11-13H2,(H,20,22). The number of hydrogen-bond donors (Lipinski definition) is 1. The third-order valence-corrected chi connectivity index (χ3v) is 3.94. The number of pyridine rings is 1. The highest BCUT2D eigenvalue weighted by molar-refractivity contribution is 5.94. The van der Waals surface area contributed by atoms with E-state index in [2.05, 4.69) is 10.3 Å². The van der Waals surface area contributed by atoms with Crippen molar-refractivity contribution in [3.8, 4) is 0 Å². The predicted molar refractivity (Wildman–Crippen MR) is 87.0 cm³/mol. The Bertz CT molecular complexity index is 677. The Kier molecular flexibility index (Phi) is 4.66. The van der Waals surface area contributed by atoms with Gasteiger partial charge in [-0.15, -0.1) is 0 Å². The summed E-state index contributed by atoms with van der Waals surface area (Å²) >= 11 is 0. The summed E-state index contributed by atoms with van der Waals surface area (Å²) in [5.41, 5.74) is 2.05. The minimum Gasteiger partial charge on any atom is -0.347 e. The van der Waals surface area contributed by atoms with Gasteiger partial charge in [0.25, 0.3) is 11.8 Å². The fourth-order valence-electron chi connectivity index (χ4n) is 2.64. The van der Waals surface area contributed by atoms with Crippen LogP contribution in [0.2, 0.25) is 0 Å². The van der Waals surface area contributed by atoms with Gasteiger partial charge in [0, 0.05) is 31.4 Å². The van der Waals surface area contributed by atoms with E-state index in [-0.39, 0.29) is 11.8 Å². The van der Waals surface area contributed by atoms with Crippen molar-refractivity contribution in [2.75, 3.05) is 13.1 Å². The van der Waals surface area contributed by atoms with E-state index < -0.39 is 0 Å². The third kappa shape index (κ3) is 3.74. The molecule has 1 fully saturated rings. The van der Waals surface area contributed by atoms with Crippen LogP contribution < -0.4 is 5.32 Å². The molecule has 23 heavy (non-hydrogen) atoms. The van der Waals surface area contributed by atoms with E-state index in [0.717, 1.165) is 31.5 Å². The number of carbonyl (C=O) groups excluding carboxylic acids is 2. The minimum absolute atomic E-state index is 0.0894. The van der Waals surface area contributed by atoms with Crippen LogP contribution in [0.4, 0.5) is 0 Å². The Balaban J connectivity index is 1.57. The van der Waals surface area contributed by atoms with Gasteiger partial charge in [0.05, 0.1) is 0 Å². The van der Waals surface area contributed by atoms with Crippen LogP contribution >= 0.6 is 0 Å². The van der Waals surface area contributed by atoms with E-state index >= 15 is 0 Å². The van der Waals surface area contributed by atoms with Crippen molar-refractivity contribution < 1.29 is 9.59 Å².